The fourth-order valence-electron chi connectivity index (χ4n) is 2.80. The quantitative estimate of drug-likeness (QED) is 0.576. The summed E-state index contributed by atoms with van der Waals surface area (Å²) in [6.45, 7) is 18.7. The molecule has 0 saturated heterocycles. The summed E-state index contributed by atoms with van der Waals surface area (Å²) in [7, 11) is 0. The average molecular weight is 331 g/mol. The van der Waals surface area contributed by atoms with Gasteiger partial charge in [0.2, 0.25) is 0 Å². The second kappa shape index (κ2) is 7.98. The van der Waals surface area contributed by atoms with E-state index < -0.39 is 17.0 Å². The molecule has 4 nitrogen and oxygen atoms in total. The highest BCUT2D eigenvalue weighted by Crippen LogP contribution is 2.36. The Balaban J connectivity index is 4.71. The van der Waals surface area contributed by atoms with E-state index in [1.54, 1.807) is 6.92 Å². The molecule has 4 heteroatoms. The fraction of sp³-hybridized carbons (Fsp3) is 0.947. The molecule has 1 N–H and O–H groups in total. The van der Waals surface area contributed by atoms with Crippen molar-refractivity contribution in [1.29, 1.82) is 0 Å². The summed E-state index contributed by atoms with van der Waals surface area (Å²) in [6.07, 6.45) is 2.81. The van der Waals surface area contributed by atoms with Gasteiger partial charge < -0.3 is 14.6 Å². The van der Waals surface area contributed by atoms with E-state index in [1.165, 1.54) is 0 Å². The highest BCUT2D eigenvalue weighted by molar-refractivity contribution is 5.74. The van der Waals surface area contributed by atoms with Crippen LogP contribution in [0.1, 0.15) is 88.0 Å². The van der Waals surface area contributed by atoms with Gasteiger partial charge in [0.1, 0.15) is 0 Å². The Bertz CT molecular complexity index is 385. The Hall–Kier alpha value is -0.610. The van der Waals surface area contributed by atoms with E-state index in [2.05, 4.69) is 20.8 Å². The first-order chi connectivity index (χ1) is 10.2. The van der Waals surface area contributed by atoms with Crippen LogP contribution >= 0.6 is 0 Å². The summed E-state index contributed by atoms with van der Waals surface area (Å²) in [6, 6.07) is 0. The van der Waals surface area contributed by atoms with Gasteiger partial charge in [0.15, 0.2) is 0 Å². The fourth-order valence-corrected chi connectivity index (χ4v) is 2.80. The second-order valence-electron chi connectivity index (χ2n) is 8.73. The minimum absolute atomic E-state index is 0.115. The van der Waals surface area contributed by atoms with E-state index in [4.69, 9.17) is 9.47 Å². The standard InChI is InChI=1S/C19H38O4/c1-10-16(3,4)22-13-12-17(5,6)23-18(7,8)14-19(9,11-2)15(20)21/h10-14H2,1-9H3,(H,20,21). The van der Waals surface area contributed by atoms with Crippen LogP contribution in [0.2, 0.25) is 0 Å². The molecule has 0 amide bonds. The monoisotopic (exact) mass is 330 g/mol. The Morgan fingerprint density at radius 2 is 1.39 bits per heavy atom. The minimum atomic E-state index is -0.764. The number of rotatable bonds is 11. The molecule has 0 aliphatic rings. The summed E-state index contributed by atoms with van der Waals surface area (Å²) in [5.74, 6) is -0.762. The number of carboxylic acid groups (broad SMARTS) is 1. The van der Waals surface area contributed by atoms with E-state index in [-0.39, 0.29) is 11.2 Å². The molecule has 0 aromatic heterocycles. The van der Waals surface area contributed by atoms with Gasteiger partial charge >= 0.3 is 5.97 Å². The smallest absolute Gasteiger partial charge is 0.309 e. The molecule has 23 heavy (non-hydrogen) atoms. The van der Waals surface area contributed by atoms with Crippen LogP contribution in [0.3, 0.4) is 0 Å². The maximum atomic E-state index is 11.5. The third kappa shape index (κ3) is 8.16. The second-order valence-corrected chi connectivity index (χ2v) is 8.73. The highest BCUT2D eigenvalue weighted by atomic mass is 16.5. The maximum Gasteiger partial charge on any atom is 0.309 e. The van der Waals surface area contributed by atoms with Crippen molar-refractivity contribution in [3.63, 3.8) is 0 Å². The zero-order valence-corrected chi connectivity index (χ0v) is 16.7. The number of aliphatic carboxylic acids is 1. The Labute approximate surface area is 142 Å². The van der Waals surface area contributed by atoms with E-state index >= 15 is 0 Å². The van der Waals surface area contributed by atoms with Crippen LogP contribution in [0.25, 0.3) is 0 Å². The third-order valence-electron chi connectivity index (χ3n) is 4.71. The topological polar surface area (TPSA) is 55.8 Å². The van der Waals surface area contributed by atoms with Crippen LogP contribution in [-0.2, 0) is 14.3 Å². The van der Waals surface area contributed by atoms with Gasteiger partial charge in [-0.25, -0.2) is 0 Å². The van der Waals surface area contributed by atoms with Crippen LogP contribution in [0.5, 0.6) is 0 Å². The van der Waals surface area contributed by atoms with Crippen LogP contribution in [0, 0.1) is 5.41 Å². The summed E-state index contributed by atoms with van der Waals surface area (Å²) < 4.78 is 12.2. The number of hydrogen-bond acceptors (Lipinski definition) is 3. The largest absolute Gasteiger partial charge is 0.481 e. The summed E-state index contributed by atoms with van der Waals surface area (Å²) >= 11 is 0. The predicted molar refractivity (Wildman–Crippen MR) is 94.8 cm³/mol. The number of hydrogen-bond donors (Lipinski definition) is 1. The van der Waals surface area contributed by atoms with Crippen molar-refractivity contribution in [1.82, 2.24) is 0 Å². The first-order valence-electron chi connectivity index (χ1n) is 8.76. The van der Waals surface area contributed by atoms with Crippen molar-refractivity contribution < 1.29 is 19.4 Å². The molecule has 1 atom stereocenters. The van der Waals surface area contributed by atoms with Crippen molar-refractivity contribution in [3.05, 3.63) is 0 Å². The lowest BCUT2D eigenvalue weighted by Gasteiger charge is -2.40. The molecule has 0 radical (unpaired) electrons. The van der Waals surface area contributed by atoms with Crippen LogP contribution in [0.4, 0.5) is 0 Å². The Morgan fingerprint density at radius 1 is 0.870 bits per heavy atom. The summed E-state index contributed by atoms with van der Waals surface area (Å²) in [4.78, 5) is 11.5. The lowest BCUT2D eigenvalue weighted by atomic mass is 9.77. The van der Waals surface area contributed by atoms with Crippen molar-refractivity contribution in [2.24, 2.45) is 5.41 Å². The van der Waals surface area contributed by atoms with Crippen LogP contribution in [0.15, 0.2) is 0 Å². The Kier molecular flexibility index (Phi) is 7.76. The summed E-state index contributed by atoms with van der Waals surface area (Å²) in [5, 5.41) is 9.48. The molecule has 0 spiro atoms. The normalized spacial score (nSPS) is 16.2. The van der Waals surface area contributed by atoms with Gasteiger partial charge in [0.25, 0.3) is 0 Å². The van der Waals surface area contributed by atoms with Gasteiger partial charge in [0.05, 0.1) is 28.8 Å². The van der Waals surface area contributed by atoms with Gasteiger partial charge in [-0.05, 0) is 74.1 Å². The van der Waals surface area contributed by atoms with Crippen LogP contribution < -0.4 is 0 Å². The number of carbonyl (C=O) groups is 1. The van der Waals surface area contributed by atoms with Crippen molar-refractivity contribution in [2.45, 2.75) is 105 Å². The molecule has 0 aromatic carbocycles. The molecule has 138 valence electrons. The first-order valence-corrected chi connectivity index (χ1v) is 8.76. The van der Waals surface area contributed by atoms with Gasteiger partial charge in [-0.2, -0.15) is 0 Å². The predicted octanol–water partition coefficient (Wildman–Crippen LogP) is 5.05. The van der Waals surface area contributed by atoms with E-state index in [9.17, 15) is 9.90 Å². The van der Waals surface area contributed by atoms with E-state index in [0.717, 1.165) is 12.8 Å². The molecule has 0 aliphatic carbocycles. The molecule has 0 aliphatic heterocycles. The van der Waals surface area contributed by atoms with E-state index in [1.807, 2.05) is 34.6 Å². The first kappa shape index (κ1) is 22.4. The lowest BCUT2D eigenvalue weighted by molar-refractivity contribution is -0.169. The van der Waals surface area contributed by atoms with Gasteiger partial charge in [-0.15, -0.1) is 0 Å². The minimum Gasteiger partial charge on any atom is -0.481 e. The van der Waals surface area contributed by atoms with Crippen molar-refractivity contribution >= 4 is 5.97 Å². The van der Waals surface area contributed by atoms with Gasteiger partial charge in [-0.1, -0.05) is 13.8 Å². The number of carboxylic acids is 1. The highest BCUT2D eigenvalue weighted by Gasteiger charge is 2.40. The molecule has 1 unspecified atom stereocenters. The third-order valence-corrected chi connectivity index (χ3v) is 4.71. The molecular weight excluding hydrogens is 292 g/mol. The van der Waals surface area contributed by atoms with Crippen LogP contribution in [-0.4, -0.2) is 34.5 Å². The zero-order chi connectivity index (χ0) is 18.5. The van der Waals surface area contributed by atoms with E-state index in [0.29, 0.717) is 19.4 Å². The molecule has 0 rings (SSSR count). The molecular formula is C19H38O4. The van der Waals surface area contributed by atoms with Crippen molar-refractivity contribution in [2.75, 3.05) is 6.61 Å². The maximum absolute atomic E-state index is 11.5. The zero-order valence-electron chi connectivity index (χ0n) is 16.7. The van der Waals surface area contributed by atoms with Gasteiger partial charge in [-0.3, -0.25) is 4.79 Å². The number of ether oxygens (including phenoxy) is 2. The SMILES string of the molecule is CCC(C)(C)OCCC(C)(C)OC(C)(C)CC(C)(CC)C(=O)O. The van der Waals surface area contributed by atoms with Crippen molar-refractivity contribution in [3.8, 4) is 0 Å². The molecule has 0 saturated carbocycles. The van der Waals surface area contributed by atoms with Gasteiger partial charge in [0, 0.05) is 0 Å². The molecule has 0 heterocycles. The summed E-state index contributed by atoms with van der Waals surface area (Å²) in [5.41, 5.74) is -1.75. The molecule has 0 bridgehead atoms. The Morgan fingerprint density at radius 3 is 1.78 bits per heavy atom. The average Bonchev–Trinajstić information content (AvgIpc) is 2.35. The molecule has 0 fully saturated rings. The lowest BCUT2D eigenvalue weighted by Crippen LogP contribution is -2.43. The molecule has 0 aromatic rings.